The van der Waals surface area contributed by atoms with Gasteiger partial charge in [-0.3, -0.25) is 14.4 Å². The first-order valence-electron chi connectivity index (χ1n) is 19.0. The topological polar surface area (TPSA) is 143 Å². The average Bonchev–Trinajstić information content (AvgIpc) is 3.06. The van der Waals surface area contributed by atoms with Crippen molar-refractivity contribution >= 4 is 17.6 Å². The molecule has 0 aliphatic carbocycles. The summed E-state index contributed by atoms with van der Waals surface area (Å²) >= 11 is 0. The molecule has 3 rings (SSSR count). The zero-order valence-corrected chi connectivity index (χ0v) is 31.2. The summed E-state index contributed by atoms with van der Waals surface area (Å²) in [6, 6.07) is 0. The second kappa shape index (κ2) is 20.1. The van der Waals surface area contributed by atoms with E-state index in [1.165, 1.54) is 6.08 Å². The number of carbonyl (C=O) groups is 3. The summed E-state index contributed by atoms with van der Waals surface area (Å²) in [5, 5.41) is 26.2. The van der Waals surface area contributed by atoms with Crippen LogP contribution in [0.2, 0.25) is 0 Å². The molecule has 3 aliphatic heterocycles. The Hall–Kier alpha value is -2.11. The zero-order chi connectivity index (χ0) is 36.1. The second-order valence-corrected chi connectivity index (χ2v) is 15.3. The number of hydrogen-bond donors (Lipinski definition) is 4. The Labute approximate surface area is 295 Å². The molecule has 49 heavy (non-hydrogen) atoms. The van der Waals surface area contributed by atoms with Gasteiger partial charge < -0.3 is 35.1 Å². The van der Waals surface area contributed by atoms with Gasteiger partial charge in [-0.25, -0.2) is 0 Å². The Morgan fingerprint density at radius 2 is 1.69 bits per heavy atom. The Morgan fingerprint density at radius 3 is 2.41 bits per heavy atom. The van der Waals surface area contributed by atoms with Crippen molar-refractivity contribution < 1.29 is 38.8 Å². The van der Waals surface area contributed by atoms with Gasteiger partial charge in [-0.15, -0.1) is 0 Å². The normalized spacial score (nSPS) is 32.0. The average molecular weight is 691 g/mol. The largest absolute Gasteiger partial charge is 0.390 e. The lowest BCUT2D eigenvalue weighted by Crippen LogP contribution is -2.50. The van der Waals surface area contributed by atoms with Crippen LogP contribution in [0.5, 0.6) is 0 Å². The maximum absolute atomic E-state index is 12.9. The van der Waals surface area contributed by atoms with Crippen LogP contribution >= 0.6 is 0 Å². The van der Waals surface area contributed by atoms with Crippen molar-refractivity contribution in [3.8, 4) is 0 Å². The van der Waals surface area contributed by atoms with Gasteiger partial charge in [-0.2, -0.15) is 0 Å². The molecule has 4 N–H and O–H groups in total. The van der Waals surface area contributed by atoms with E-state index in [1.807, 2.05) is 13.8 Å². The lowest BCUT2D eigenvalue weighted by Gasteiger charge is -2.48. The Balaban J connectivity index is 1.38. The van der Waals surface area contributed by atoms with Crippen molar-refractivity contribution in [3.63, 3.8) is 0 Å². The number of ether oxygens (including phenoxy) is 3. The van der Waals surface area contributed by atoms with Crippen LogP contribution in [0.25, 0.3) is 0 Å². The number of allylic oxidation sites excluding steroid dienone is 3. The van der Waals surface area contributed by atoms with Gasteiger partial charge in [-0.05, 0) is 108 Å². The van der Waals surface area contributed by atoms with E-state index < -0.39 is 30.0 Å². The molecule has 11 atom stereocenters. The van der Waals surface area contributed by atoms with Gasteiger partial charge in [-0.1, -0.05) is 39.8 Å². The van der Waals surface area contributed by atoms with Crippen LogP contribution in [-0.2, 0) is 28.6 Å². The van der Waals surface area contributed by atoms with Crippen LogP contribution in [-0.4, -0.2) is 83.3 Å². The molecule has 3 fully saturated rings. The number of nitrogens with one attached hydrogen (secondary N) is 2. The molecule has 3 heterocycles. The van der Waals surface area contributed by atoms with E-state index in [9.17, 15) is 24.6 Å². The van der Waals surface area contributed by atoms with Crippen LogP contribution in [0.1, 0.15) is 126 Å². The summed E-state index contributed by atoms with van der Waals surface area (Å²) in [5.41, 5.74) is 1.01. The number of amides is 2. The van der Waals surface area contributed by atoms with Gasteiger partial charge in [0, 0.05) is 32.4 Å². The van der Waals surface area contributed by atoms with E-state index in [2.05, 4.69) is 30.6 Å². The molecule has 2 amide bonds. The van der Waals surface area contributed by atoms with Crippen LogP contribution in [0.4, 0.5) is 0 Å². The van der Waals surface area contributed by atoms with Gasteiger partial charge in [0.25, 0.3) is 0 Å². The lowest BCUT2D eigenvalue weighted by molar-refractivity contribution is -0.324. The minimum atomic E-state index is -1.05. The molecule has 0 saturated carbocycles. The van der Waals surface area contributed by atoms with E-state index in [4.69, 9.17) is 14.2 Å². The number of hydrogen-bond acceptors (Lipinski definition) is 8. The van der Waals surface area contributed by atoms with Gasteiger partial charge in [0.2, 0.25) is 11.8 Å². The molecule has 0 bridgehead atoms. The molecule has 0 radical (unpaired) electrons. The molecular formula is C39H66N2O8. The van der Waals surface area contributed by atoms with E-state index in [0.717, 1.165) is 76.2 Å². The molecular weight excluding hydrogens is 624 g/mol. The molecule has 280 valence electrons. The Morgan fingerprint density at radius 1 is 0.939 bits per heavy atom. The number of aliphatic hydroxyl groups is 2. The van der Waals surface area contributed by atoms with Crippen molar-refractivity contribution in [2.45, 2.75) is 168 Å². The van der Waals surface area contributed by atoms with Gasteiger partial charge in [0.15, 0.2) is 11.6 Å². The summed E-state index contributed by atoms with van der Waals surface area (Å²) in [5.74, 6) is -1.06. The SMILES string of the molecule is C/C=C/C(=O)C[C@@H]1CC[C@H](C)[C@H](C(=O)NC[C@H](O)[C@H](C)C(=O)NCCC[C@@H]2O[C@]3(CCC[C@H](CC[C@H](C)/C=C(\C)[C@H](C)O)O3)CC[C@H]2C)O1. The number of aliphatic hydroxyl groups excluding tert-OH is 2. The van der Waals surface area contributed by atoms with E-state index in [0.29, 0.717) is 18.4 Å². The Bertz CT molecular complexity index is 1120. The van der Waals surface area contributed by atoms with Crippen molar-refractivity contribution in [3.05, 3.63) is 23.8 Å². The highest BCUT2D eigenvalue weighted by Gasteiger charge is 2.44. The molecule has 0 aromatic heterocycles. The van der Waals surface area contributed by atoms with Crippen molar-refractivity contribution in [1.82, 2.24) is 10.6 Å². The standard InChI is InChI=1S/C39H66N2O8/c1-8-11-31(43)23-33-17-15-27(4)36(47-33)38(46)41-24-34(44)29(6)37(45)40-21-10-13-35-26(3)18-20-39(49-35)19-9-12-32(48-39)16-14-25(2)22-28(5)30(7)42/h8,11,22,25-27,29-30,32-36,42,44H,9-10,12-21,23-24H2,1-7H3,(H,40,45)(H,41,46)/b11-8+,28-22+/t25-,26+,27-,29-,30-,32+,33-,34-,35-,36+,39+/m0/s1. The minimum Gasteiger partial charge on any atom is -0.390 e. The summed E-state index contributed by atoms with van der Waals surface area (Å²) < 4.78 is 19.3. The maximum Gasteiger partial charge on any atom is 0.249 e. The van der Waals surface area contributed by atoms with Crippen molar-refractivity contribution in [2.24, 2.45) is 23.7 Å². The third-order valence-corrected chi connectivity index (χ3v) is 10.9. The molecule has 0 unspecified atom stereocenters. The number of ketones is 1. The van der Waals surface area contributed by atoms with E-state index in [-0.39, 0.29) is 54.8 Å². The van der Waals surface area contributed by atoms with Gasteiger partial charge >= 0.3 is 0 Å². The lowest BCUT2D eigenvalue weighted by atomic mass is 9.85. The second-order valence-electron chi connectivity index (χ2n) is 15.3. The van der Waals surface area contributed by atoms with Crippen LogP contribution in [0.15, 0.2) is 23.8 Å². The summed E-state index contributed by atoms with van der Waals surface area (Å²) in [4.78, 5) is 37.8. The highest BCUT2D eigenvalue weighted by molar-refractivity contribution is 5.90. The Kier molecular flexibility index (Phi) is 16.9. The fourth-order valence-electron chi connectivity index (χ4n) is 7.33. The number of rotatable bonds is 17. The summed E-state index contributed by atoms with van der Waals surface area (Å²) in [6.45, 7) is 14.0. The first-order valence-corrected chi connectivity index (χ1v) is 19.0. The van der Waals surface area contributed by atoms with Crippen molar-refractivity contribution in [2.75, 3.05) is 13.1 Å². The van der Waals surface area contributed by atoms with Crippen LogP contribution < -0.4 is 10.6 Å². The first kappa shape index (κ1) is 41.3. The molecule has 1 spiro atoms. The third kappa shape index (κ3) is 13.2. The summed E-state index contributed by atoms with van der Waals surface area (Å²) in [7, 11) is 0. The third-order valence-electron chi connectivity index (χ3n) is 10.9. The maximum atomic E-state index is 12.9. The van der Waals surface area contributed by atoms with Crippen molar-refractivity contribution in [1.29, 1.82) is 0 Å². The molecule has 3 aliphatic rings. The van der Waals surface area contributed by atoms with E-state index in [1.54, 1.807) is 26.8 Å². The highest BCUT2D eigenvalue weighted by Crippen LogP contribution is 2.43. The molecule has 3 saturated heterocycles. The highest BCUT2D eigenvalue weighted by atomic mass is 16.7. The van der Waals surface area contributed by atoms with Gasteiger partial charge in [0.1, 0.15) is 6.10 Å². The fraction of sp³-hybridized carbons (Fsp3) is 0.821. The predicted molar refractivity (Wildman–Crippen MR) is 190 cm³/mol. The number of carbonyl (C=O) groups excluding carboxylic acids is 3. The predicted octanol–water partition coefficient (Wildman–Crippen LogP) is 5.54. The monoisotopic (exact) mass is 690 g/mol. The zero-order valence-electron chi connectivity index (χ0n) is 31.2. The first-order chi connectivity index (χ1) is 23.2. The van der Waals surface area contributed by atoms with E-state index >= 15 is 0 Å². The van der Waals surface area contributed by atoms with Crippen LogP contribution in [0.3, 0.4) is 0 Å². The summed E-state index contributed by atoms with van der Waals surface area (Å²) in [6.07, 6.45) is 13.4. The quantitative estimate of drug-likeness (QED) is 0.0886. The smallest absolute Gasteiger partial charge is 0.249 e. The molecule has 10 heteroatoms. The fourth-order valence-corrected chi connectivity index (χ4v) is 7.33. The molecule has 10 nitrogen and oxygen atoms in total. The van der Waals surface area contributed by atoms with Gasteiger partial charge in [0.05, 0.1) is 36.4 Å². The van der Waals surface area contributed by atoms with Crippen LogP contribution in [0, 0.1) is 23.7 Å². The molecule has 0 aromatic carbocycles. The minimum absolute atomic E-state index is 0.00875. The molecule has 0 aromatic rings.